The molecule has 1 aliphatic rings. The molecule has 1 heterocycles. The smallest absolute Gasteiger partial charge is 0.263 e. The number of amides is 1. The van der Waals surface area contributed by atoms with Gasteiger partial charge in [0.05, 0.1) is 11.5 Å². The van der Waals surface area contributed by atoms with Gasteiger partial charge in [-0.25, -0.2) is 8.42 Å². The summed E-state index contributed by atoms with van der Waals surface area (Å²) in [7, 11) is -3.02. The van der Waals surface area contributed by atoms with E-state index in [9.17, 15) is 13.2 Å². The highest BCUT2D eigenvalue weighted by Gasteiger charge is 2.36. The van der Waals surface area contributed by atoms with Crippen LogP contribution < -0.4 is 4.74 Å². The maximum absolute atomic E-state index is 12.7. The van der Waals surface area contributed by atoms with Gasteiger partial charge in [0.25, 0.3) is 5.91 Å². The van der Waals surface area contributed by atoms with E-state index in [0.29, 0.717) is 18.7 Å². The molecule has 0 spiro atoms. The summed E-state index contributed by atoms with van der Waals surface area (Å²) < 4.78 is 29.1. The molecule has 1 aliphatic heterocycles. The number of hydrogen-bond donors (Lipinski definition) is 0. The minimum Gasteiger partial charge on any atom is -0.481 e. The number of aryl methyl sites for hydroxylation is 1. The second-order valence-corrected chi connectivity index (χ2v) is 8.39. The van der Waals surface area contributed by atoms with Gasteiger partial charge in [-0.1, -0.05) is 24.6 Å². The Labute approximate surface area is 138 Å². The van der Waals surface area contributed by atoms with Crippen LogP contribution in [0.25, 0.3) is 0 Å². The summed E-state index contributed by atoms with van der Waals surface area (Å²) in [6.07, 6.45) is 0.678. The van der Waals surface area contributed by atoms with Gasteiger partial charge in [0.2, 0.25) is 0 Å². The zero-order valence-electron chi connectivity index (χ0n) is 14.0. The van der Waals surface area contributed by atoms with Crippen LogP contribution in [0, 0.1) is 6.92 Å². The van der Waals surface area contributed by atoms with Crippen LogP contribution in [0.15, 0.2) is 24.3 Å². The number of rotatable bonds is 6. The third-order valence-corrected chi connectivity index (χ3v) is 5.83. The van der Waals surface area contributed by atoms with Gasteiger partial charge in [0, 0.05) is 12.6 Å². The summed E-state index contributed by atoms with van der Waals surface area (Å²) in [5.41, 5.74) is 1.13. The lowest BCUT2D eigenvalue weighted by atomic mass is 10.2. The van der Waals surface area contributed by atoms with E-state index in [4.69, 9.17) is 4.74 Å². The van der Waals surface area contributed by atoms with Crippen molar-refractivity contribution >= 4 is 15.7 Å². The highest BCUT2D eigenvalue weighted by Crippen LogP contribution is 2.20. The van der Waals surface area contributed by atoms with Gasteiger partial charge < -0.3 is 9.64 Å². The van der Waals surface area contributed by atoms with Crippen molar-refractivity contribution in [3.05, 3.63) is 29.8 Å². The van der Waals surface area contributed by atoms with Gasteiger partial charge in [0.15, 0.2) is 15.9 Å². The van der Waals surface area contributed by atoms with Crippen LogP contribution in [0.1, 0.15) is 32.3 Å². The fourth-order valence-electron chi connectivity index (χ4n) is 2.84. The van der Waals surface area contributed by atoms with Crippen LogP contribution in [0.3, 0.4) is 0 Å². The van der Waals surface area contributed by atoms with Gasteiger partial charge in [-0.3, -0.25) is 4.79 Å². The maximum atomic E-state index is 12.7. The molecule has 2 rings (SSSR count). The van der Waals surface area contributed by atoms with E-state index in [-0.39, 0.29) is 23.5 Å². The molecular formula is C17H25NO4S. The minimum absolute atomic E-state index is 0.0655. The van der Waals surface area contributed by atoms with Gasteiger partial charge in [0.1, 0.15) is 5.75 Å². The van der Waals surface area contributed by atoms with Crippen molar-refractivity contribution in [3.8, 4) is 5.75 Å². The van der Waals surface area contributed by atoms with E-state index in [1.54, 1.807) is 11.8 Å². The molecule has 5 nitrogen and oxygen atoms in total. The van der Waals surface area contributed by atoms with Crippen LogP contribution in [0.5, 0.6) is 5.75 Å². The number of carbonyl (C=O) groups excluding carboxylic acids is 1. The van der Waals surface area contributed by atoms with Crippen molar-refractivity contribution < 1.29 is 17.9 Å². The average Bonchev–Trinajstić information content (AvgIpc) is 2.86. The zero-order chi connectivity index (χ0) is 17.0. The molecule has 0 N–H and O–H groups in total. The first-order chi connectivity index (χ1) is 10.8. The van der Waals surface area contributed by atoms with Gasteiger partial charge in [-0.05, 0) is 38.8 Å². The number of benzene rings is 1. The van der Waals surface area contributed by atoms with Gasteiger partial charge in [-0.2, -0.15) is 0 Å². The van der Waals surface area contributed by atoms with Crippen molar-refractivity contribution in [2.24, 2.45) is 0 Å². The predicted molar refractivity (Wildman–Crippen MR) is 90.3 cm³/mol. The van der Waals surface area contributed by atoms with Gasteiger partial charge >= 0.3 is 0 Å². The van der Waals surface area contributed by atoms with Crippen LogP contribution in [0.2, 0.25) is 0 Å². The second-order valence-electron chi connectivity index (χ2n) is 6.16. The molecule has 0 saturated carbocycles. The molecular weight excluding hydrogens is 314 g/mol. The Morgan fingerprint density at radius 1 is 1.35 bits per heavy atom. The second kappa shape index (κ2) is 7.34. The molecule has 0 bridgehead atoms. The predicted octanol–water partition coefficient (Wildman–Crippen LogP) is 2.19. The lowest BCUT2D eigenvalue weighted by Crippen LogP contribution is -2.47. The molecule has 1 fully saturated rings. The minimum atomic E-state index is -3.02. The van der Waals surface area contributed by atoms with E-state index in [0.717, 1.165) is 12.0 Å². The molecule has 2 unspecified atom stereocenters. The van der Waals surface area contributed by atoms with Crippen LogP contribution in [-0.4, -0.2) is 49.4 Å². The van der Waals surface area contributed by atoms with Crippen molar-refractivity contribution in [1.29, 1.82) is 0 Å². The van der Waals surface area contributed by atoms with E-state index in [2.05, 4.69) is 0 Å². The number of ether oxygens (including phenoxy) is 1. The Balaban J connectivity index is 2.06. The SMILES string of the molecule is CCCN(C(=O)C(C)Oc1ccc(C)cc1)C1CCS(=O)(=O)C1. The first-order valence-electron chi connectivity index (χ1n) is 8.06. The molecule has 1 saturated heterocycles. The Bertz CT molecular complexity index is 639. The van der Waals surface area contributed by atoms with Gasteiger partial charge in [-0.15, -0.1) is 0 Å². The quantitative estimate of drug-likeness (QED) is 0.797. The fourth-order valence-corrected chi connectivity index (χ4v) is 4.57. The number of sulfone groups is 1. The van der Waals surface area contributed by atoms with Crippen molar-refractivity contribution in [3.63, 3.8) is 0 Å². The van der Waals surface area contributed by atoms with Crippen LogP contribution in [-0.2, 0) is 14.6 Å². The normalized spacial score (nSPS) is 20.9. The third kappa shape index (κ3) is 4.70. The summed E-state index contributed by atoms with van der Waals surface area (Å²) in [6, 6.07) is 7.31. The molecule has 2 atom stereocenters. The molecule has 1 aromatic carbocycles. The topological polar surface area (TPSA) is 63.7 Å². The summed E-state index contributed by atoms with van der Waals surface area (Å²) in [5, 5.41) is 0. The summed E-state index contributed by atoms with van der Waals surface area (Å²) in [4.78, 5) is 14.4. The Morgan fingerprint density at radius 3 is 2.52 bits per heavy atom. The molecule has 128 valence electrons. The summed E-state index contributed by atoms with van der Waals surface area (Å²) >= 11 is 0. The molecule has 1 aromatic rings. The lowest BCUT2D eigenvalue weighted by molar-refractivity contribution is -0.139. The van der Waals surface area contributed by atoms with Crippen molar-refractivity contribution in [2.45, 2.75) is 45.8 Å². The number of nitrogens with zero attached hydrogens (tertiary/aromatic N) is 1. The average molecular weight is 339 g/mol. The van der Waals surface area contributed by atoms with E-state index in [1.807, 2.05) is 38.1 Å². The monoisotopic (exact) mass is 339 g/mol. The highest BCUT2D eigenvalue weighted by atomic mass is 32.2. The first-order valence-corrected chi connectivity index (χ1v) is 9.89. The summed E-state index contributed by atoms with van der Waals surface area (Å²) in [6.45, 7) is 6.24. The largest absolute Gasteiger partial charge is 0.481 e. The highest BCUT2D eigenvalue weighted by molar-refractivity contribution is 7.91. The number of carbonyl (C=O) groups is 1. The third-order valence-electron chi connectivity index (χ3n) is 4.08. The molecule has 0 aromatic heterocycles. The lowest BCUT2D eigenvalue weighted by Gasteiger charge is -2.30. The Morgan fingerprint density at radius 2 is 2.00 bits per heavy atom. The molecule has 0 aliphatic carbocycles. The van der Waals surface area contributed by atoms with E-state index < -0.39 is 15.9 Å². The Kier molecular flexibility index (Phi) is 5.68. The number of hydrogen-bond acceptors (Lipinski definition) is 4. The van der Waals surface area contributed by atoms with E-state index in [1.165, 1.54) is 0 Å². The molecule has 23 heavy (non-hydrogen) atoms. The van der Waals surface area contributed by atoms with Crippen LogP contribution in [0.4, 0.5) is 0 Å². The van der Waals surface area contributed by atoms with Crippen LogP contribution >= 0.6 is 0 Å². The fraction of sp³-hybridized carbons (Fsp3) is 0.588. The van der Waals surface area contributed by atoms with E-state index >= 15 is 0 Å². The Hall–Kier alpha value is -1.56. The molecule has 0 radical (unpaired) electrons. The maximum Gasteiger partial charge on any atom is 0.263 e. The molecule has 1 amide bonds. The zero-order valence-corrected chi connectivity index (χ0v) is 14.8. The van der Waals surface area contributed by atoms with Crippen molar-refractivity contribution in [2.75, 3.05) is 18.1 Å². The standard InChI is InChI=1S/C17H25NO4S/c1-4-10-18(15-9-11-23(20,21)12-15)17(19)14(3)22-16-7-5-13(2)6-8-16/h5-8,14-15H,4,9-12H2,1-3H3. The van der Waals surface area contributed by atoms with Crippen molar-refractivity contribution in [1.82, 2.24) is 4.90 Å². The summed E-state index contributed by atoms with van der Waals surface area (Å²) in [5.74, 6) is 0.732. The molecule has 6 heteroatoms. The first kappa shape index (κ1) is 17.8.